The van der Waals surface area contributed by atoms with Gasteiger partial charge in [0.1, 0.15) is 23.5 Å². The average molecular weight is 756 g/mol. The van der Waals surface area contributed by atoms with E-state index in [1.807, 2.05) is 92.8 Å². The number of aryl methyl sites for hydroxylation is 1. The lowest BCUT2D eigenvalue weighted by Gasteiger charge is -2.29. The Labute approximate surface area is 327 Å². The first kappa shape index (κ1) is 38.6. The number of fused-ring (bicyclic) bond motifs is 1. The molecule has 6 aromatic rings. The van der Waals surface area contributed by atoms with E-state index in [4.69, 9.17) is 0 Å². The van der Waals surface area contributed by atoms with Crippen molar-refractivity contribution in [3.05, 3.63) is 114 Å². The highest BCUT2D eigenvalue weighted by molar-refractivity contribution is 5.89. The van der Waals surface area contributed by atoms with Crippen LogP contribution < -0.4 is 16.0 Å². The minimum atomic E-state index is -0.380. The largest absolute Gasteiger partial charge is 0.354 e. The molecule has 3 unspecified atom stereocenters. The van der Waals surface area contributed by atoms with Gasteiger partial charge in [-0.2, -0.15) is 0 Å². The zero-order valence-electron chi connectivity index (χ0n) is 32.4. The van der Waals surface area contributed by atoms with Gasteiger partial charge in [0.25, 0.3) is 0 Å². The minimum Gasteiger partial charge on any atom is -0.354 e. The number of halogens is 1. The molecule has 12 heteroatoms. The van der Waals surface area contributed by atoms with Crippen LogP contribution in [0.1, 0.15) is 68.8 Å². The molecule has 4 heterocycles. The Morgan fingerprint density at radius 1 is 0.857 bits per heavy atom. The fourth-order valence-electron chi connectivity index (χ4n) is 7.70. The second-order valence-corrected chi connectivity index (χ2v) is 14.8. The zero-order valence-corrected chi connectivity index (χ0v) is 32.4. The van der Waals surface area contributed by atoms with E-state index in [9.17, 15) is 9.59 Å². The summed E-state index contributed by atoms with van der Waals surface area (Å²) in [5, 5.41) is 11.2. The lowest BCUT2D eigenvalue weighted by atomic mass is 10.0. The predicted octanol–water partition coefficient (Wildman–Crippen LogP) is 7.13. The van der Waals surface area contributed by atoms with Crippen LogP contribution in [0, 0.1) is 11.7 Å². The number of amides is 2. The van der Waals surface area contributed by atoms with Crippen molar-refractivity contribution in [1.82, 2.24) is 45.8 Å². The fourth-order valence-corrected chi connectivity index (χ4v) is 7.70. The highest BCUT2D eigenvalue weighted by Crippen LogP contribution is 2.34. The Morgan fingerprint density at radius 2 is 1.66 bits per heavy atom. The number of hydrogen-bond donors (Lipinski definition) is 5. The van der Waals surface area contributed by atoms with Crippen LogP contribution in [0.4, 0.5) is 4.39 Å². The van der Waals surface area contributed by atoms with Gasteiger partial charge >= 0.3 is 0 Å². The molecule has 0 saturated carbocycles. The van der Waals surface area contributed by atoms with Gasteiger partial charge < -0.3 is 30.8 Å². The van der Waals surface area contributed by atoms with E-state index in [0.717, 1.165) is 65.5 Å². The summed E-state index contributed by atoms with van der Waals surface area (Å²) in [5.74, 6) is 1.39. The number of carbonyl (C=O) groups is 2. The van der Waals surface area contributed by atoms with Gasteiger partial charge in [-0.25, -0.2) is 14.4 Å². The molecule has 3 aromatic carbocycles. The maximum atomic E-state index is 15.7. The summed E-state index contributed by atoms with van der Waals surface area (Å²) in [6, 6.07) is 22.2. The van der Waals surface area contributed by atoms with Crippen molar-refractivity contribution in [3.63, 3.8) is 0 Å². The molecular formula is C44H50FN9O2. The number of imidazole rings is 2. The van der Waals surface area contributed by atoms with Crippen molar-refractivity contribution in [1.29, 1.82) is 0 Å². The third-order valence-electron chi connectivity index (χ3n) is 10.7. The van der Waals surface area contributed by atoms with Crippen molar-refractivity contribution < 1.29 is 14.0 Å². The number of carbonyl (C=O) groups excluding carboxylic acids is 2. The standard InChI is InChI=1S/C44H50FN9O2/c1-27(2)40(46-3)44(56)54-20-10-13-38(54)42-51-26-37(53-42)33-18-17-31(22-34(33)45)35-23-29-15-16-30(21-32(29)24-49-35)36-25-50-39(52-36)14-8-9-19-48-43(55)41(47-4)28-11-6-5-7-12-28/h5-7,11-12,15-18,21-27,38,40-41,46-47H,8-10,13-14,19-20H2,1-4H3,(H,48,55)(H,50,52)(H,51,53). The van der Waals surface area contributed by atoms with Crippen molar-refractivity contribution in [2.24, 2.45) is 5.92 Å². The first-order chi connectivity index (χ1) is 27.2. The SMILES string of the molecule is CNC(C(=O)NCCCCc1ncc(-c2ccc3cc(-c4ccc(-c5cnc(C6CCCN6C(=O)C(NC)C(C)C)[nH]5)c(F)c4)ncc3c2)[nH]1)c1ccccc1. The molecule has 5 N–H and O–H groups in total. The van der Waals surface area contributed by atoms with Crippen LogP contribution in [0.5, 0.6) is 0 Å². The van der Waals surface area contributed by atoms with Gasteiger partial charge in [-0.15, -0.1) is 0 Å². The van der Waals surface area contributed by atoms with E-state index in [2.05, 4.69) is 46.9 Å². The summed E-state index contributed by atoms with van der Waals surface area (Å²) >= 11 is 0. The third-order valence-corrected chi connectivity index (χ3v) is 10.7. The maximum Gasteiger partial charge on any atom is 0.241 e. The first-order valence-electron chi connectivity index (χ1n) is 19.5. The number of nitrogens with zero attached hydrogens (tertiary/aromatic N) is 4. The Hall–Kier alpha value is -5.72. The molecule has 0 aliphatic carbocycles. The summed E-state index contributed by atoms with van der Waals surface area (Å²) in [5.41, 5.74) is 5.19. The first-order valence-corrected chi connectivity index (χ1v) is 19.5. The van der Waals surface area contributed by atoms with Gasteiger partial charge in [0, 0.05) is 47.8 Å². The number of likely N-dealkylation sites (N-methyl/N-ethyl adjacent to an activating group) is 2. The third kappa shape index (κ3) is 8.41. The number of pyridine rings is 1. The van der Waals surface area contributed by atoms with Crippen LogP contribution in [0.25, 0.3) is 44.5 Å². The Morgan fingerprint density at radius 3 is 2.43 bits per heavy atom. The Bertz CT molecular complexity index is 2290. The lowest BCUT2D eigenvalue weighted by molar-refractivity contribution is -0.135. The number of H-pyrrole nitrogens is 2. The topological polar surface area (TPSA) is 144 Å². The molecule has 1 aliphatic heterocycles. The molecule has 290 valence electrons. The number of aromatic amines is 2. The van der Waals surface area contributed by atoms with Crippen LogP contribution in [0.3, 0.4) is 0 Å². The van der Waals surface area contributed by atoms with Crippen LogP contribution >= 0.6 is 0 Å². The molecule has 1 saturated heterocycles. The molecule has 11 nitrogen and oxygen atoms in total. The second kappa shape index (κ2) is 17.4. The molecule has 56 heavy (non-hydrogen) atoms. The molecule has 2 amide bonds. The number of aromatic nitrogens is 5. The highest BCUT2D eigenvalue weighted by Gasteiger charge is 2.36. The number of hydrogen-bond acceptors (Lipinski definition) is 7. The molecular weight excluding hydrogens is 706 g/mol. The molecule has 3 aromatic heterocycles. The monoisotopic (exact) mass is 755 g/mol. The molecule has 3 atom stereocenters. The average Bonchev–Trinajstić information content (AvgIpc) is 4.00. The smallest absolute Gasteiger partial charge is 0.241 e. The van der Waals surface area contributed by atoms with Gasteiger partial charge in [0.15, 0.2) is 0 Å². The van der Waals surface area contributed by atoms with E-state index < -0.39 is 0 Å². The number of benzene rings is 3. The van der Waals surface area contributed by atoms with Gasteiger partial charge in [-0.1, -0.05) is 62.4 Å². The minimum absolute atomic E-state index is 0.0335. The zero-order chi connectivity index (χ0) is 39.2. The van der Waals surface area contributed by atoms with Gasteiger partial charge in [-0.05, 0) is 80.9 Å². The summed E-state index contributed by atoms with van der Waals surface area (Å²) in [6.07, 6.45) is 9.51. The molecule has 0 spiro atoms. The predicted molar refractivity (Wildman–Crippen MR) is 218 cm³/mol. The Kier molecular flexibility index (Phi) is 12.0. The van der Waals surface area contributed by atoms with E-state index in [1.165, 1.54) is 6.07 Å². The van der Waals surface area contributed by atoms with Crippen molar-refractivity contribution in [2.75, 3.05) is 27.2 Å². The van der Waals surface area contributed by atoms with Crippen molar-refractivity contribution in [2.45, 2.75) is 64.1 Å². The summed E-state index contributed by atoms with van der Waals surface area (Å²) < 4.78 is 15.7. The van der Waals surface area contributed by atoms with E-state index in [-0.39, 0.29) is 41.7 Å². The molecule has 0 bridgehead atoms. The van der Waals surface area contributed by atoms with Gasteiger partial charge in [-0.3, -0.25) is 14.6 Å². The summed E-state index contributed by atoms with van der Waals surface area (Å²) in [6.45, 7) is 5.34. The molecule has 0 radical (unpaired) electrons. The Balaban J connectivity index is 0.955. The summed E-state index contributed by atoms with van der Waals surface area (Å²) in [7, 11) is 3.61. The molecule has 1 fully saturated rings. The fraction of sp³-hybridized carbons (Fsp3) is 0.341. The normalized spacial score (nSPS) is 15.4. The van der Waals surface area contributed by atoms with Crippen molar-refractivity contribution >= 4 is 22.6 Å². The van der Waals surface area contributed by atoms with E-state index >= 15 is 4.39 Å². The second-order valence-electron chi connectivity index (χ2n) is 14.8. The van der Waals surface area contributed by atoms with Crippen LogP contribution in [-0.2, 0) is 16.0 Å². The van der Waals surface area contributed by atoms with E-state index in [1.54, 1.807) is 19.3 Å². The summed E-state index contributed by atoms with van der Waals surface area (Å²) in [4.78, 5) is 48.5. The lowest BCUT2D eigenvalue weighted by Crippen LogP contribution is -2.47. The molecule has 1 aliphatic rings. The number of likely N-dealkylation sites (tertiary alicyclic amines) is 1. The van der Waals surface area contributed by atoms with Crippen molar-refractivity contribution in [3.8, 4) is 33.8 Å². The van der Waals surface area contributed by atoms with Gasteiger partial charge in [0.2, 0.25) is 11.8 Å². The quantitative estimate of drug-likeness (QED) is 0.0702. The maximum absolute atomic E-state index is 15.7. The van der Waals surface area contributed by atoms with Crippen LogP contribution in [-0.4, -0.2) is 74.9 Å². The molecule has 7 rings (SSSR count). The van der Waals surface area contributed by atoms with Crippen LogP contribution in [0.2, 0.25) is 0 Å². The number of rotatable bonds is 15. The number of nitrogens with one attached hydrogen (secondary N) is 5. The van der Waals surface area contributed by atoms with E-state index in [0.29, 0.717) is 41.4 Å². The van der Waals surface area contributed by atoms with Crippen LogP contribution in [0.15, 0.2) is 91.4 Å². The van der Waals surface area contributed by atoms with Gasteiger partial charge in [0.05, 0.1) is 41.6 Å². The number of unbranched alkanes of at least 4 members (excludes halogenated alkanes) is 1. The highest BCUT2D eigenvalue weighted by atomic mass is 19.1.